The van der Waals surface area contributed by atoms with Crippen LogP contribution in [0.4, 0.5) is 5.82 Å². The van der Waals surface area contributed by atoms with Crippen LogP contribution in [0, 0.1) is 13.8 Å². The Labute approximate surface area is 125 Å². The van der Waals surface area contributed by atoms with Crippen molar-refractivity contribution in [2.45, 2.75) is 33.3 Å². The average Bonchev–Trinajstić information content (AvgIpc) is 2.38. The van der Waals surface area contributed by atoms with Crippen molar-refractivity contribution in [1.82, 2.24) is 4.98 Å². The topological polar surface area (TPSA) is 51.2 Å². The molecule has 0 spiro atoms. The van der Waals surface area contributed by atoms with Gasteiger partial charge in [-0.05, 0) is 57.5 Å². The third-order valence-corrected chi connectivity index (χ3v) is 3.00. The molecular weight excluding hydrogens is 264 g/mol. The van der Waals surface area contributed by atoms with E-state index in [1.54, 1.807) is 13.8 Å². The molecule has 0 bridgehead atoms. The maximum absolute atomic E-state index is 12.4. The van der Waals surface area contributed by atoms with Crippen LogP contribution in [0.5, 0.6) is 5.75 Å². The van der Waals surface area contributed by atoms with Crippen molar-refractivity contribution < 1.29 is 9.53 Å². The number of nitrogens with zero attached hydrogens (tertiary/aromatic N) is 1. The zero-order valence-electron chi connectivity index (χ0n) is 12.8. The van der Waals surface area contributed by atoms with Crippen molar-refractivity contribution in [2.75, 3.05) is 5.32 Å². The van der Waals surface area contributed by atoms with Crippen molar-refractivity contribution in [2.24, 2.45) is 0 Å². The normalized spacial score (nSPS) is 11.0. The van der Waals surface area contributed by atoms with E-state index >= 15 is 0 Å². The molecule has 0 radical (unpaired) electrons. The van der Waals surface area contributed by atoms with Gasteiger partial charge < -0.3 is 10.1 Å². The predicted molar refractivity (Wildman–Crippen MR) is 83.5 cm³/mol. The van der Waals surface area contributed by atoms with Crippen LogP contribution >= 0.6 is 0 Å². The van der Waals surface area contributed by atoms with Crippen LogP contribution in [0.3, 0.4) is 0 Å². The minimum absolute atomic E-state index is 0.233. The molecule has 1 aromatic carbocycles. The second kappa shape index (κ2) is 5.95. The lowest BCUT2D eigenvalue weighted by atomic mass is 10.1. The molecule has 0 saturated carbocycles. The van der Waals surface area contributed by atoms with Crippen molar-refractivity contribution in [3.8, 4) is 5.75 Å². The summed E-state index contributed by atoms with van der Waals surface area (Å²) in [6.07, 6.45) is 0. The van der Waals surface area contributed by atoms with E-state index in [1.807, 2.05) is 56.3 Å². The summed E-state index contributed by atoms with van der Waals surface area (Å²) >= 11 is 0. The van der Waals surface area contributed by atoms with Gasteiger partial charge in [-0.2, -0.15) is 0 Å². The Morgan fingerprint density at radius 1 is 1.14 bits per heavy atom. The number of carbonyl (C=O) groups is 1. The molecule has 0 aliphatic rings. The number of para-hydroxylation sites is 1. The molecule has 4 heteroatoms. The number of rotatable bonds is 4. The number of hydrogen-bond acceptors (Lipinski definition) is 3. The van der Waals surface area contributed by atoms with Gasteiger partial charge in [0.2, 0.25) is 0 Å². The Balaban J connectivity index is 2.11. The molecule has 0 saturated heterocycles. The molecule has 1 heterocycles. The first kappa shape index (κ1) is 15.0. The molecular formula is C17H20N2O2. The number of aromatic nitrogens is 1. The molecule has 2 rings (SSSR count). The van der Waals surface area contributed by atoms with Gasteiger partial charge in [-0.25, -0.2) is 4.98 Å². The molecule has 21 heavy (non-hydrogen) atoms. The standard InChI is InChI=1S/C17H20N2O2/c1-12-10-13(2)18-15(11-12)19-16(20)17(3,4)21-14-8-6-5-7-9-14/h5-11H,1-4H3,(H,18,19,20). The zero-order chi connectivity index (χ0) is 15.5. The number of amides is 1. The molecule has 0 aliphatic heterocycles. The third kappa shape index (κ3) is 4.05. The van der Waals surface area contributed by atoms with Crippen molar-refractivity contribution >= 4 is 11.7 Å². The molecule has 4 nitrogen and oxygen atoms in total. The van der Waals surface area contributed by atoms with E-state index in [0.717, 1.165) is 11.3 Å². The number of carbonyl (C=O) groups excluding carboxylic acids is 1. The molecule has 1 amide bonds. The maximum Gasteiger partial charge on any atom is 0.269 e. The summed E-state index contributed by atoms with van der Waals surface area (Å²) in [6.45, 7) is 7.33. The summed E-state index contributed by atoms with van der Waals surface area (Å²) in [6, 6.07) is 13.1. The SMILES string of the molecule is Cc1cc(C)nc(NC(=O)C(C)(C)Oc2ccccc2)c1. The third-order valence-electron chi connectivity index (χ3n) is 3.00. The fourth-order valence-corrected chi connectivity index (χ4v) is 2.00. The highest BCUT2D eigenvalue weighted by molar-refractivity contribution is 5.96. The lowest BCUT2D eigenvalue weighted by molar-refractivity contribution is -0.128. The van der Waals surface area contributed by atoms with E-state index in [0.29, 0.717) is 11.6 Å². The van der Waals surface area contributed by atoms with Gasteiger partial charge >= 0.3 is 0 Å². The average molecular weight is 284 g/mol. The highest BCUT2D eigenvalue weighted by Crippen LogP contribution is 2.19. The van der Waals surface area contributed by atoms with Crippen LogP contribution in [-0.2, 0) is 4.79 Å². The van der Waals surface area contributed by atoms with E-state index < -0.39 is 5.60 Å². The summed E-state index contributed by atoms with van der Waals surface area (Å²) in [4.78, 5) is 16.7. The molecule has 1 aromatic heterocycles. The summed E-state index contributed by atoms with van der Waals surface area (Å²) in [5.74, 6) is 0.970. The van der Waals surface area contributed by atoms with Gasteiger partial charge in [0.05, 0.1) is 0 Å². The molecule has 2 aromatic rings. The van der Waals surface area contributed by atoms with Gasteiger partial charge in [0.15, 0.2) is 5.60 Å². The van der Waals surface area contributed by atoms with Gasteiger partial charge in [-0.15, -0.1) is 0 Å². The lowest BCUT2D eigenvalue weighted by Crippen LogP contribution is -2.42. The number of nitrogens with one attached hydrogen (secondary N) is 1. The molecule has 1 N–H and O–H groups in total. The van der Waals surface area contributed by atoms with Crippen LogP contribution in [0.25, 0.3) is 0 Å². The minimum atomic E-state index is -0.985. The number of hydrogen-bond donors (Lipinski definition) is 1. The Bertz CT molecular complexity index is 616. The Kier molecular flexibility index (Phi) is 4.26. The van der Waals surface area contributed by atoms with Crippen LogP contribution in [0.2, 0.25) is 0 Å². The smallest absolute Gasteiger partial charge is 0.269 e. The van der Waals surface area contributed by atoms with E-state index in [-0.39, 0.29) is 5.91 Å². The Morgan fingerprint density at radius 3 is 2.43 bits per heavy atom. The first-order chi connectivity index (χ1) is 9.87. The zero-order valence-corrected chi connectivity index (χ0v) is 12.8. The van der Waals surface area contributed by atoms with Crippen molar-refractivity contribution in [1.29, 1.82) is 0 Å². The van der Waals surface area contributed by atoms with Gasteiger partial charge in [0, 0.05) is 5.69 Å². The van der Waals surface area contributed by atoms with Gasteiger partial charge in [0.25, 0.3) is 5.91 Å². The quantitative estimate of drug-likeness (QED) is 0.935. The second-order valence-corrected chi connectivity index (χ2v) is 5.55. The van der Waals surface area contributed by atoms with E-state index in [9.17, 15) is 4.79 Å². The molecule has 110 valence electrons. The first-order valence-corrected chi connectivity index (χ1v) is 6.87. The fraction of sp³-hybridized carbons (Fsp3) is 0.294. The highest BCUT2D eigenvalue weighted by atomic mass is 16.5. The van der Waals surface area contributed by atoms with Crippen molar-refractivity contribution in [3.63, 3.8) is 0 Å². The fourth-order valence-electron chi connectivity index (χ4n) is 2.00. The van der Waals surface area contributed by atoms with Crippen LogP contribution < -0.4 is 10.1 Å². The van der Waals surface area contributed by atoms with Gasteiger partial charge in [0.1, 0.15) is 11.6 Å². The number of benzene rings is 1. The number of ether oxygens (including phenoxy) is 1. The van der Waals surface area contributed by atoms with E-state index in [4.69, 9.17) is 4.74 Å². The molecule has 0 atom stereocenters. The summed E-state index contributed by atoms with van der Waals surface area (Å²) in [7, 11) is 0. The number of anilines is 1. The number of aryl methyl sites for hydroxylation is 2. The van der Waals surface area contributed by atoms with Crippen molar-refractivity contribution in [3.05, 3.63) is 53.7 Å². The lowest BCUT2D eigenvalue weighted by Gasteiger charge is -2.25. The minimum Gasteiger partial charge on any atom is -0.478 e. The van der Waals surface area contributed by atoms with E-state index in [1.165, 1.54) is 0 Å². The highest BCUT2D eigenvalue weighted by Gasteiger charge is 2.30. The van der Waals surface area contributed by atoms with Crippen LogP contribution in [-0.4, -0.2) is 16.5 Å². The molecule has 0 fully saturated rings. The Hall–Kier alpha value is -2.36. The summed E-state index contributed by atoms with van der Waals surface area (Å²) in [5, 5.41) is 2.81. The summed E-state index contributed by atoms with van der Waals surface area (Å²) < 4.78 is 5.76. The monoisotopic (exact) mass is 284 g/mol. The van der Waals surface area contributed by atoms with Gasteiger partial charge in [-0.3, -0.25) is 4.79 Å². The van der Waals surface area contributed by atoms with Crippen LogP contribution in [0.1, 0.15) is 25.1 Å². The second-order valence-electron chi connectivity index (χ2n) is 5.55. The maximum atomic E-state index is 12.4. The molecule has 0 aliphatic carbocycles. The largest absolute Gasteiger partial charge is 0.478 e. The number of pyridine rings is 1. The molecule has 0 unspecified atom stereocenters. The predicted octanol–water partition coefficient (Wildman–Crippen LogP) is 3.49. The van der Waals surface area contributed by atoms with Gasteiger partial charge in [-0.1, -0.05) is 18.2 Å². The van der Waals surface area contributed by atoms with Crippen LogP contribution in [0.15, 0.2) is 42.5 Å². The Morgan fingerprint density at radius 2 is 1.81 bits per heavy atom. The first-order valence-electron chi connectivity index (χ1n) is 6.87. The summed E-state index contributed by atoms with van der Waals surface area (Å²) in [5.41, 5.74) is 0.937. The van der Waals surface area contributed by atoms with E-state index in [2.05, 4.69) is 10.3 Å².